The van der Waals surface area contributed by atoms with E-state index in [9.17, 15) is 18.0 Å². The van der Waals surface area contributed by atoms with E-state index in [1.165, 1.54) is 30.6 Å². The van der Waals surface area contributed by atoms with Crippen LogP contribution in [0.4, 0.5) is 24.7 Å². The van der Waals surface area contributed by atoms with E-state index in [1.54, 1.807) is 0 Å². The Morgan fingerprint density at radius 3 is 2.67 bits per heavy atom. The number of halogens is 3. The lowest BCUT2D eigenvalue weighted by Crippen LogP contribution is -2.18. The molecule has 5 nitrogen and oxygen atoms in total. The van der Waals surface area contributed by atoms with Gasteiger partial charge in [-0.3, -0.25) is 4.79 Å². The summed E-state index contributed by atoms with van der Waals surface area (Å²) in [6.07, 6.45) is -1.43. The molecule has 0 atom stereocenters. The van der Waals surface area contributed by atoms with Crippen molar-refractivity contribution in [2.24, 2.45) is 0 Å². The van der Waals surface area contributed by atoms with Crippen molar-refractivity contribution in [2.75, 3.05) is 17.2 Å². The fourth-order valence-corrected chi connectivity index (χ4v) is 2.00. The van der Waals surface area contributed by atoms with Crippen molar-refractivity contribution in [1.82, 2.24) is 9.97 Å². The summed E-state index contributed by atoms with van der Waals surface area (Å²) >= 11 is 0. The molecular weight excluding hydrogens is 321 g/mol. The van der Waals surface area contributed by atoms with E-state index >= 15 is 0 Å². The molecule has 24 heavy (non-hydrogen) atoms. The summed E-state index contributed by atoms with van der Waals surface area (Å²) in [5.41, 5.74) is -1.23. The molecule has 1 heterocycles. The van der Waals surface area contributed by atoms with Crippen LogP contribution in [0.3, 0.4) is 0 Å². The maximum atomic E-state index is 13.0. The number of carbonyl (C=O) groups excluding carboxylic acids is 1. The van der Waals surface area contributed by atoms with Crippen molar-refractivity contribution < 1.29 is 18.0 Å². The zero-order valence-electron chi connectivity index (χ0n) is 13.0. The molecule has 0 saturated carbocycles. The second-order valence-corrected chi connectivity index (χ2v) is 5.07. The summed E-state index contributed by atoms with van der Waals surface area (Å²) in [5, 5.41) is 5.28. The Morgan fingerprint density at radius 1 is 1.21 bits per heavy atom. The third kappa shape index (κ3) is 4.68. The topological polar surface area (TPSA) is 66.9 Å². The van der Waals surface area contributed by atoms with Crippen molar-refractivity contribution in [3.05, 3.63) is 47.9 Å². The van der Waals surface area contributed by atoms with E-state index in [0.29, 0.717) is 12.4 Å². The van der Waals surface area contributed by atoms with Crippen LogP contribution in [0.15, 0.2) is 36.7 Å². The number of rotatable bonds is 6. The van der Waals surface area contributed by atoms with Crippen molar-refractivity contribution in [1.29, 1.82) is 0 Å². The Balaban J connectivity index is 2.15. The minimum absolute atomic E-state index is 0.0130. The minimum atomic E-state index is -4.55. The molecule has 0 radical (unpaired) electrons. The van der Waals surface area contributed by atoms with Gasteiger partial charge in [-0.1, -0.05) is 25.5 Å². The number of hydrogen-bond donors (Lipinski definition) is 2. The number of amides is 1. The Kier molecular flexibility index (Phi) is 5.73. The van der Waals surface area contributed by atoms with Gasteiger partial charge in [0, 0.05) is 12.6 Å². The van der Waals surface area contributed by atoms with Gasteiger partial charge in [0.15, 0.2) is 0 Å². The molecule has 0 aliphatic heterocycles. The monoisotopic (exact) mass is 338 g/mol. The number of alkyl halides is 3. The quantitative estimate of drug-likeness (QED) is 0.783. The van der Waals surface area contributed by atoms with Gasteiger partial charge >= 0.3 is 6.18 Å². The van der Waals surface area contributed by atoms with Gasteiger partial charge in [0.1, 0.15) is 17.8 Å². The molecule has 0 spiro atoms. The number of benzene rings is 1. The summed E-state index contributed by atoms with van der Waals surface area (Å²) in [6.45, 7) is 2.73. The smallest absolute Gasteiger partial charge is 0.370 e. The molecule has 1 amide bonds. The first kappa shape index (κ1) is 17.7. The maximum absolute atomic E-state index is 13.0. The molecular formula is C16H17F3N4O. The van der Waals surface area contributed by atoms with E-state index < -0.39 is 17.6 Å². The van der Waals surface area contributed by atoms with Crippen LogP contribution in [-0.2, 0) is 6.18 Å². The highest BCUT2D eigenvalue weighted by Crippen LogP contribution is 2.34. The Morgan fingerprint density at radius 2 is 1.96 bits per heavy atom. The predicted molar refractivity (Wildman–Crippen MR) is 84.8 cm³/mol. The van der Waals surface area contributed by atoms with Crippen LogP contribution in [0.1, 0.15) is 35.8 Å². The molecule has 2 aromatic rings. The normalized spacial score (nSPS) is 11.2. The Hall–Kier alpha value is -2.64. The first-order valence-corrected chi connectivity index (χ1v) is 7.45. The van der Waals surface area contributed by atoms with E-state index in [1.807, 2.05) is 6.92 Å². The zero-order chi connectivity index (χ0) is 17.6. The molecule has 0 bridgehead atoms. The van der Waals surface area contributed by atoms with Crippen LogP contribution < -0.4 is 10.6 Å². The number of unbranched alkanes of at least 4 members (excludes halogenated alkanes) is 1. The lowest BCUT2D eigenvalue weighted by Gasteiger charge is -2.13. The summed E-state index contributed by atoms with van der Waals surface area (Å²) in [6, 6.07) is 6.19. The number of aromatic nitrogens is 2. The second kappa shape index (κ2) is 7.76. The molecule has 0 aliphatic rings. The molecule has 2 N–H and O–H groups in total. The molecule has 0 saturated heterocycles. The average molecular weight is 338 g/mol. The van der Waals surface area contributed by atoms with E-state index in [4.69, 9.17) is 0 Å². The van der Waals surface area contributed by atoms with Crippen LogP contribution in [-0.4, -0.2) is 22.4 Å². The summed E-state index contributed by atoms with van der Waals surface area (Å²) in [5.74, 6) is -0.277. The Labute approximate surface area is 137 Å². The first-order valence-electron chi connectivity index (χ1n) is 7.45. The zero-order valence-corrected chi connectivity index (χ0v) is 13.0. The van der Waals surface area contributed by atoms with Gasteiger partial charge < -0.3 is 10.6 Å². The van der Waals surface area contributed by atoms with Gasteiger partial charge in [0.05, 0.1) is 11.3 Å². The molecule has 2 rings (SSSR count). The highest BCUT2D eigenvalue weighted by atomic mass is 19.4. The fourth-order valence-electron chi connectivity index (χ4n) is 2.00. The van der Waals surface area contributed by atoms with Gasteiger partial charge in [-0.25, -0.2) is 9.97 Å². The highest BCUT2D eigenvalue weighted by molar-refractivity contribution is 6.03. The van der Waals surface area contributed by atoms with Crippen molar-refractivity contribution >= 4 is 17.4 Å². The number of para-hydroxylation sites is 1. The van der Waals surface area contributed by atoms with Gasteiger partial charge in [-0.2, -0.15) is 13.2 Å². The average Bonchev–Trinajstić information content (AvgIpc) is 2.55. The van der Waals surface area contributed by atoms with Crippen LogP contribution in [0, 0.1) is 0 Å². The largest absolute Gasteiger partial charge is 0.418 e. The lowest BCUT2D eigenvalue weighted by molar-refractivity contribution is -0.136. The van der Waals surface area contributed by atoms with Crippen LogP contribution in [0.5, 0.6) is 0 Å². The van der Waals surface area contributed by atoms with E-state index in [-0.39, 0.29) is 11.4 Å². The Bertz CT molecular complexity index is 704. The van der Waals surface area contributed by atoms with Crippen LogP contribution in [0.25, 0.3) is 0 Å². The first-order chi connectivity index (χ1) is 11.4. The molecule has 1 aromatic carbocycles. The minimum Gasteiger partial charge on any atom is -0.370 e. The number of carbonyl (C=O) groups is 1. The lowest BCUT2D eigenvalue weighted by atomic mass is 10.1. The maximum Gasteiger partial charge on any atom is 0.418 e. The summed E-state index contributed by atoms with van der Waals surface area (Å²) in [7, 11) is 0. The van der Waals surface area contributed by atoms with E-state index in [0.717, 1.165) is 18.9 Å². The number of nitrogens with one attached hydrogen (secondary N) is 2. The molecule has 128 valence electrons. The van der Waals surface area contributed by atoms with Gasteiger partial charge in [0.2, 0.25) is 0 Å². The molecule has 0 unspecified atom stereocenters. The molecule has 8 heteroatoms. The van der Waals surface area contributed by atoms with Gasteiger partial charge in [0.25, 0.3) is 5.91 Å². The summed E-state index contributed by atoms with van der Waals surface area (Å²) < 4.78 is 38.9. The van der Waals surface area contributed by atoms with Crippen molar-refractivity contribution in [3.63, 3.8) is 0 Å². The van der Waals surface area contributed by atoms with Crippen LogP contribution in [0.2, 0.25) is 0 Å². The van der Waals surface area contributed by atoms with Crippen molar-refractivity contribution in [2.45, 2.75) is 25.9 Å². The third-order valence-corrected chi connectivity index (χ3v) is 3.22. The predicted octanol–water partition coefficient (Wildman–Crippen LogP) is 3.96. The highest BCUT2D eigenvalue weighted by Gasteiger charge is 2.33. The van der Waals surface area contributed by atoms with E-state index in [2.05, 4.69) is 20.6 Å². The standard InChI is InChI=1S/C16H17F3N4O/c1-2-3-8-20-14-9-13(21-10-22-14)15(24)23-12-7-5-4-6-11(12)16(17,18)19/h4-7,9-10H,2-3,8H2,1H3,(H,23,24)(H,20,21,22). The molecule has 1 aromatic heterocycles. The SMILES string of the molecule is CCCCNc1cc(C(=O)Nc2ccccc2C(F)(F)F)ncn1. The number of anilines is 2. The van der Waals surface area contributed by atoms with Gasteiger partial charge in [-0.05, 0) is 18.6 Å². The number of hydrogen-bond acceptors (Lipinski definition) is 4. The van der Waals surface area contributed by atoms with Crippen LogP contribution >= 0.6 is 0 Å². The molecule has 0 fully saturated rings. The fraction of sp³-hybridized carbons (Fsp3) is 0.312. The van der Waals surface area contributed by atoms with Crippen molar-refractivity contribution in [3.8, 4) is 0 Å². The summed E-state index contributed by atoms with van der Waals surface area (Å²) in [4.78, 5) is 20.0. The third-order valence-electron chi connectivity index (χ3n) is 3.22. The second-order valence-electron chi connectivity index (χ2n) is 5.07. The molecule has 0 aliphatic carbocycles. The van der Waals surface area contributed by atoms with Gasteiger partial charge in [-0.15, -0.1) is 0 Å². The number of nitrogens with zero attached hydrogens (tertiary/aromatic N) is 2.